The van der Waals surface area contributed by atoms with Crippen LogP contribution in [0.1, 0.15) is 157 Å². The molecule has 0 bridgehead atoms. The summed E-state index contributed by atoms with van der Waals surface area (Å²) in [6.45, 7) is 22.4. The Balaban J connectivity index is 0.000000173. The maximum atomic E-state index is 13.4. The lowest BCUT2D eigenvalue weighted by Gasteiger charge is -2.52. The Morgan fingerprint density at radius 3 is 1.38 bits per heavy atom. The molecule has 8 N–H and O–H groups in total. The highest BCUT2D eigenvalue weighted by atomic mass is 35.5. The average Bonchev–Trinajstić information content (AvgIpc) is 1.13. The van der Waals surface area contributed by atoms with Crippen LogP contribution >= 0.6 is 116 Å². The summed E-state index contributed by atoms with van der Waals surface area (Å²) in [5.74, 6) is -3.89. The number of aromatic nitrogens is 18. The number of amides is 6. The van der Waals surface area contributed by atoms with Crippen molar-refractivity contribution < 1.29 is 86.5 Å². The third-order valence-corrected chi connectivity index (χ3v) is 26.9. The van der Waals surface area contributed by atoms with Gasteiger partial charge in [-0.05, 0) is 133 Å². The molecule has 1 unspecified atom stereocenters. The van der Waals surface area contributed by atoms with Gasteiger partial charge in [0.1, 0.15) is 105 Å². The normalized spacial score (nSPS) is 22.5. The van der Waals surface area contributed by atoms with E-state index in [0.29, 0.717) is 32.6 Å². The number of oxime groups is 2. The summed E-state index contributed by atoms with van der Waals surface area (Å²) >= 11 is 27.6. The number of thiophene rings is 1. The monoisotopic (exact) mass is 1970 g/mol. The zero-order chi connectivity index (χ0) is 94.4. The van der Waals surface area contributed by atoms with Crippen LogP contribution in [-0.2, 0) is 87.8 Å². The predicted octanol–water partition coefficient (Wildman–Crippen LogP) is 2.44. The second kappa shape index (κ2) is 42.5. The molecule has 0 spiro atoms. The van der Waals surface area contributed by atoms with Crippen molar-refractivity contribution in [1.29, 1.82) is 0 Å². The maximum absolute atomic E-state index is 13.4. The first kappa shape index (κ1) is 102. The quantitative estimate of drug-likeness (QED) is 0.0110. The van der Waals surface area contributed by atoms with E-state index in [4.69, 9.17) is 101 Å². The molecule has 46 nitrogen and oxygen atoms in total. The average molecular weight is 1980 g/mol. The first-order chi connectivity index (χ1) is 60.7. The highest BCUT2D eigenvalue weighted by Gasteiger charge is 2.59. The Kier molecular flexibility index (Phi) is 33.3. The SMILES string of the molecule is Cc1nc(/C(=N/OC(C)(C)C(=O)OC(C)(C)C)C(=O)O)cs1.N.[B]n1nnc([C@H]2C(CCl)=CS[C@@H]3C(Cl)C(=O)N23)n1.[B]n1nnc([C@H]2C(CCl)=CS[C@@H]3[C@H](NC(=O)/C(=N\OC(C)(C)C(=O)OC(C)(C)C)c4csc(C)n4)C(=O)N23)n1.[B]n1nnc([C@H]2C(COC(C)=O)=CS[C@@H]3[C@H](N)C(=O)N23)n1.[B]n1nnnc1[C@H]1C(COC(C)=O)=CS[C@@H]2[C@H](NC(=O)Cc3cccs3)C(=O)N12. The first-order valence-corrected chi connectivity index (χ1v) is 46.0. The van der Waals surface area contributed by atoms with E-state index in [1.807, 2.05) is 33.7 Å². The number of rotatable bonds is 24. The van der Waals surface area contributed by atoms with Crippen LogP contribution in [-0.4, -0.2) is 316 Å². The molecule has 0 aromatic carbocycles. The number of esters is 4. The molecule has 8 radical (unpaired) electrons. The minimum atomic E-state index is -1.50. The number of ether oxygens (including phenoxy) is 4. The van der Waals surface area contributed by atoms with E-state index in [9.17, 15) is 57.8 Å². The molecule has 6 amide bonds. The van der Waals surface area contributed by atoms with Crippen molar-refractivity contribution in [3.63, 3.8) is 0 Å². The summed E-state index contributed by atoms with van der Waals surface area (Å²) in [4.78, 5) is 160. The highest BCUT2D eigenvalue weighted by Crippen LogP contribution is 2.51. The van der Waals surface area contributed by atoms with Gasteiger partial charge in [-0.25, -0.2) is 38.5 Å². The summed E-state index contributed by atoms with van der Waals surface area (Å²) in [6.07, 6.45) is 0.219. The number of tetrazole rings is 4. The zero-order valence-electron chi connectivity index (χ0n) is 71.4. The van der Waals surface area contributed by atoms with Crippen molar-refractivity contribution >= 4 is 224 Å². The number of thioether (sulfide) groups is 4. The third kappa shape index (κ3) is 23.8. The fourth-order valence-corrected chi connectivity index (χ4v) is 20.1. The number of alkyl halides is 3. The molecule has 4 saturated heterocycles. The summed E-state index contributed by atoms with van der Waals surface area (Å²) in [5, 5.41) is 79.9. The summed E-state index contributed by atoms with van der Waals surface area (Å²) in [5.41, 5.74) is 4.15. The number of carbonyl (C=O) groups is 11. The van der Waals surface area contributed by atoms with Crippen LogP contribution in [0.15, 0.2) is 82.5 Å². The second-order valence-corrected chi connectivity index (χ2v) is 39.4. The highest BCUT2D eigenvalue weighted by molar-refractivity contribution is 8.03. The van der Waals surface area contributed by atoms with Crippen molar-refractivity contribution in [3.8, 4) is 0 Å². The number of carboxylic acids is 1. The topological polar surface area (TPSA) is 586 Å². The fourth-order valence-electron chi connectivity index (χ4n) is 12.4. The zero-order valence-corrected chi connectivity index (χ0v) is 79.3. The van der Waals surface area contributed by atoms with Crippen LogP contribution in [0, 0.1) is 13.8 Å². The Hall–Kier alpha value is -10.2. The van der Waals surface area contributed by atoms with E-state index < -0.39 is 111 Å². The molecule has 684 valence electrons. The van der Waals surface area contributed by atoms with Gasteiger partial charge < -0.3 is 75.8 Å². The number of nitrogens with one attached hydrogen (secondary N) is 2. The summed E-state index contributed by atoms with van der Waals surface area (Å²) in [7, 11) is 22.1. The van der Waals surface area contributed by atoms with E-state index in [-0.39, 0.29) is 123 Å². The van der Waals surface area contributed by atoms with Gasteiger partial charge in [-0.15, -0.1) is 152 Å². The smallest absolute Gasteiger partial charge is 0.360 e. The number of thiazole rings is 2. The maximum Gasteiger partial charge on any atom is 0.360 e. The van der Waals surface area contributed by atoms with Gasteiger partial charge in [0.2, 0.25) is 46.4 Å². The van der Waals surface area contributed by atoms with Crippen LogP contribution in [0.4, 0.5) is 0 Å². The number of halogens is 3. The summed E-state index contributed by atoms with van der Waals surface area (Å²) in [6, 6.07) is -0.714. The minimum absolute atomic E-state index is 0. The van der Waals surface area contributed by atoms with Gasteiger partial charge in [-0.3, -0.25) is 42.9 Å². The molecule has 8 aliphatic rings. The molecular formula is C70H81B4Cl3N28O18S7. The molecule has 7 aromatic rings. The van der Waals surface area contributed by atoms with Crippen LogP contribution in [0.3, 0.4) is 0 Å². The molecule has 8 aliphatic heterocycles. The number of nitrogens with zero attached hydrogens (tertiary/aromatic N) is 24. The number of fused-ring (bicyclic) bond motifs is 4. The molecule has 0 saturated carbocycles. The van der Waals surface area contributed by atoms with Gasteiger partial charge in [-0.2, -0.15) is 0 Å². The third-order valence-electron chi connectivity index (χ3n) is 18.4. The van der Waals surface area contributed by atoms with Crippen LogP contribution in [0.5, 0.6) is 0 Å². The number of β-lactam (4-membered cyclic amide) rings is 4. The minimum Gasteiger partial charge on any atom is -0.476 e. The molecule has 60 heteroatoms. The van der Waals surface area contributed by atoms with Gasteiger partial charge in [0.05, 0.1) is 16.4 Å². The lowest BCUT2D eigenvalue weighted by atomic mass is 9.97. The van der Waals surface area contributed by atoms with Crippen molar-refractivity contribution in [2.24, 2.45) is 16.0 Å². The van der Waals surface area contributed by atoms with Gasteiger partial charge >= 0.3 is 29.8 Å². The number of aliphatic carboxylic acids is 1. The molecule has 15 rings (SSSR count). The largest absolute Gasteiger partial charge is 0.476 e. The second-order valence-electron chi connectivity index (χ2n) is 31.3. The molecule has 7 aromatic heterocycles. The van der Waals surface area contributed by atoms with E-state index in [1.165, 1.54) is 128 Å². The first-order valence-electron chi connectivity index (χ1n) is 38.0. The number of hydrogen-bond donors (Lipinski definition) is 5. The molecule has 12 atom stereocenters. The van der Waals surface area contributed by atoms with Gasteiger partial charge in [0.15, 0.2) is 29.0 Å². The van der Waals surface area contributed by atoms with Crippen LogP contribution < -0.4 is 22.5 Å². The number of nitrogens with two attached hydrogens (primary N) is 1. The molecule has 0 aliphatic carbocycles. The lowest BCUT2D eigenvalue weighted by Crippen LogP contribution is -2.71. The Labute approximate surface area is 789 Å². The van der Waals surface area contributed by atoms with E-state index in [0.717, 1.165) is 29.2 Å². The van der Waals surface area contributed by atoms with Gasteiger partial charge in [0.25, 0.3) is 37.8 Å². The van der Waals surface area contributed by atoms with Crippen molar-refractivity contribution in [3.05, 3.63) is 122 Å². The predicted molar refractivity (Wildman–Crippen MR) is 478 cm³/mol. The summed E-state index contributed by atoms with van der Waals surface area (Å²) < 4.78 is 24.2. The van der Waals surface area contributed by atoms with E-state index >= 15 is 0 Å². The fraction of sp³-hybridized carbons (Fsp3) is 0.500. The van der Waals surface area contributed by atoms with Gasteiger partial charge in [-0.1, -0.05) is 37.2 Å². The molecular weight excluding hydrogens is 1900 g/mol. The molecule has 4 fully saturated rings. The van der Waals surface area contributed by atoms with Crippen molar-refractivity contribution in [2.45, 2.75) is 195 Å². The lowest BCUT2D eigenvalue weighted by molar-refractivity contribution is -0.180. The van der Waals surface area contributed by atoms with Crippen molar-refractivity contribution in [1.82, 2.24) is 127 Å². The number of aryl methyl sites for hydroxylation is 2. The molecule has 130 heavy (non-hydrogen) atoms. The van der Waals surface area contributed by atoms with Crippen molar-refractivity contribution in [2.75, 3.05) is 25.0 Å². The molecule has 15 heterocycles. The number of carboxylic acid groups (broad SMARTS) is 1. The Morgan fingerprint density at radius 1 is 0.554 bits per heavy atom. The number of carbonyl (C=O) groups excluding carboxylic acids is 10. The van der Waals surface area contributed by atoms with Crippen LogP contribution in [0.2, 0.25) is 0 Å². The van der Waals surface area contributed by atoms with E-state index in [2.05, 4.69) is 92.7 Å². The van der Waals surface area contributed by atoms with E-state index in [1.54, 1.807) is 86.3 Å². The Morgan fingerprint density at radius 2 is 0.969 bits per heavy atom. The number of hydrogen-bond acceptors (Lipinski definition) is 42. The standard InChI is InChI=1S/C22H26BClN8O5S2.C16H15BN6O4S2.C14H20N2O5S.C10H11BN6O3S.C8H6BCl2N5OS.H3N/c1-10-25-12(9-38-10)13(29-37-22(5,6)20(35)36-21(2,3)4)17(33)26-14-18(34)31-15(16-27-30-32(23)28-16)11(7-24)8-39-19(14)31;1-8(24)27-6-9-7-29-16-12(18-11(25)5-10-3-2-4-28-10)15(26)22(16)13(9)14-19-20-21-23(14)17;1-8-15-9(7-22-8)10(11(17)18)16-21-14(5,6)12(19)20-13(2,3)4;1-4(18)20-2-5-3-21-10-6(12)9(19)16(10)7(5)8-13-15-17(11)14-8;9-16-13-6(12-14-16)5-3(1-10)2-18-8-4(11)7(17)15(5)8;/h8-9,14-15,19H,7H2,1-6H3,(H,26,33);2-4,7,12-13,16H,5-6H2,1H3,(H,18,25);7H,1-6H3,(H,17,18);3,6-7,10H,2,12H2,1H3;2,4-5,8H,1H2;1H3/b29-13-;;16-10-;;;/t14-,15-,19-;12-,13-,16-;;6-,7-,10-;4?,5-,8-;/m11.11./s1. The van der Waals surface area contributed by atoms with Gasteiger partial charge in [0, 0.05) is 52.4 Å². The van der Waals surface area contributed by atoms with Crippen LogP contribution in [0.25, 0.3) is 0 Å². The Bertz CT molecular complexity index is 5620.